The highest BCUT2D eigenvalue weighted by Crippen LogP contribution is 2.06. The van der Waals surface area contributed by atoms with Crippen LogP contribution in [0.5, 0.6) is 0 Å². The second-order valence-electron chi connectivity index (χ2n) is 4.63. The zero-order valence-electron chi connectivity index (χ0n) is 13.1. The monoisotopic (exact) mass is 324 g/mol. The van der Waals surface area contributed by atoms with Crippen molar-refractivity contribution in [2.24, 2.45) is 0 Å². The fraction of sp³-hybridized carbons (Fsp3) is 0.167. The first-order valence-electron chi connectivity index (χ1n) is 7.16. The highest BCUT2D eigenvalue weighted by molar-refractivity contribution is 5.92. The van der Waals surface area contributed by atoms with Gasteiger partial charge in [0.05, 0.1) is 24.8 Å². The van der Waals surface area contributed by atoms with Gasteiger partial charge in [0, 0.05) is 12.4 Å². The third-order valence-electron chi connectivity index (χ3n) is 2.98. The molecular formula is C18H16N2O4. The van der Waals surface area contributed by atoms with E-state index in [0.29, 0.717) is 11.1 Å². The van der Waals surface area contributed by atoms with Crippen LogP contribution >= 0.6 is 0 Å². The van der Waals surface area contributed by atoms with E-state index >= 15 is 0 Å². The summed E-state index contributed by atoms with van der Waals surface area (Å²) in [5.74, 6) is 5.03. The average molecular weight is 324 g/mol. The summed E-state index contributed by atoms with van der Waals surface area (Å²) in [7, 11) is 1.30. The van der Waals surface area contributed by atoms with Crippen molar-refractivity contribution < 1.29 is 19.1 Å². The first kappa shape index (κ1) is 17.0. The number of pyridine rings is 1. The molecule has 0 aliphatic heterocycles. The van der Waals surface area contributed by atoms with Crippen LogP contribution < -0.4 is 5.32 Å². The highest BCUT2D eigenvalue weighted by atomic mass is 16.5. The van der Waals surface area contributed by atoms with Gasteiger partial charge in [-0.1, -0.05) is 42.2 Å². The Kier molecular flexibility index (Phi) is 6.35. The van der Waals surface area contributed by atoms with Crippen LogP contribution in [0.15, 0.2) is 48.8 Å². The number of amides is 1. The van der Waals surface area contributed by atoms with E-state index in [2.05, 4.69) is 26.9 Å². The van der Waals surface area contributed by atoms with Crippen LogP contribution in [-0.4, -0.2) is 30.7 Å². The summed E-state index contributed by atoms with van der Waals surface area (Å²) >= 11 is 0. The molecule has 1 N–H and O–H groups in total. The predicted molar refractivity (Wildman–Crippen MR) is 87.1 cm³/mol. The minimum Gasteiger partial charge on any atom is -0.465 e. The maximum atomic E-state index is 11.6. The Labute approximate surface area is 139 Å². The minimum absolute atomic E-state index is 0.0864. The van der Waals surface area contributed by atoms with Crippen LogP contribution in [0.4, 0.5) is 4.79 Å². The summed E-state index contributed by atoms with van der Waals surface area (Å²) in [4.78, 5) is 27.1. The zero-order valence-corrected chi connectivity index (χ0v) is 13.1. The largest absolute Gasteiger partial charge is 0.465 e. The second kappa shape index (κ2) is 8.96. The van der Waals surface area contributed by atoms with E-state index in [9.17, 15) is 9.59 Å². The van der Waals surface area contributed by atoms with Crippen LogP contribution in [-0.2, 0) is 16.1 Å². The number of nitrogens with one attached hydrogen (secondary N) is 1. The lowest BCUT2D eigenvalue weighted by Gasteiger charge is -2.04. The number of nitrogens with zero attached hydrogens (tertiary/aromatic N) is 1. The van der Waals surface area contributed by atoms with Crippen LogP contribution in [0.25, 0.3) is 0 Å². The lowest BCUT2D eigenvalue weighted by molar-refractivity contribution is 0.0600. The van der Waals surface area contributed by atoms with Crippen molar-refractivity contribution in [1.82, 2.24) is 10.3 Å². The van der Waals surface area contributed by atoms with Gasteiger partial charge in [-0.15, -0.1) is 0 Å². The van der Waals surface area contributed by atoms with Crippen LogP contribution in [0.2, 0.25) is 0 Å². The van der Waals surface area contributed by atoms with Gasteiger partial charge >= 0.3 is 12.1 Å². The summed E-state index contributed by atoms with van der Waals surface area (Å²) in [6.45, 7) is 0.276. The number of benzene rings is 1. The molecule has 1 aromatic carbocycles. The summed E-state index contributed by atoms with van der Waals surface area (Å²) in [5, 5.41) is 2.51. The van der Waals surface area contributed by atoms with Crippen LogP contribution in [0, 0.1) is 11.8 Å². The number of carbonyl (C=O) groups excluding carboxylic acids is 2. The van der Waals surface area contributed by atoms with Gasteiger partial charge in [-0.05, 0) is 11.6 Å². The normalized spacial score (nSPS) is 9.38. The molecule has 2 rings (SSSR count). The predicted octanol–water partition coefficient (Wildman–Crippen LogP) is 2.15. The topological polar surface area (TPSA) is 77.5 Å². The first-order chi connectivity index (χ1) is 11.7. The molecule has 0 radical (unpaired) electrons. The van der Waals surface area contributed by atoms with Gasteiger partial charge in [0.1, 0.15) is 6.61 Å². The van der Waals surface area contributed by atoms with Crippen LogP contribution in [0.1, 0.15) is 21.5 Å². The highest BCUT2D eigenvalue weighted by Gasteiger charge is 2.09. The van der Waals surface area contributed by atoms with Crippen molar-refractivity contribution in [3.8, 4) is 11.8 Å². The van der Waals surface area contributed by atoms with Crippen molar-refractivity contribution in [3.63, 3.8) is 0 Å². The fourth-order valence-electron chi connectivity index (χ4n) is 1.81. The molecule has 1 amide bonds. The standard InChI is InChI=1S/C18H16N2O4/c1-23-17(21)16-9-11-19-12-15(16)8-5-10-20-18(22)24-13-14-6-3-2-4-7-14/h2-4,6-7,9,11-12H,10,13H2,1H3,(H,20,22). The van der Waals surface area contributed by atoms with Crippen molar-refractivity contribution in [2.75, 3.05) is 13.7 Å². The molecule has 0 fully saturated rings. The van der Waals surface area contributed by atoms with E-state index in [1.165, 1.54) is 25.6 Å². The molecule has 24 heavy (non-hydrogen) atoms. The maximum absolute atomic E-state index is 11.6. The number of rotatable bonds is 4. The quantitative estimate of drug-likeness (QED) is 0.689. The number of aromatic nitrogens is 1. The molecule has 0 aliphatic carbocycles. The lowest BCUT2D eigenvalue weighted by Crippen LogP contribution is -2.24. The molecule has 0 bridgehead atoms. The molecule has 0 spiro atoms. The number of ether oxygens (including phenoxy) is 2. The van der Waals surface area contributed by atoms with Gasteiger partial charge < -0.3 is 14.8 Å². The maximum Gasteiger partial charge on any atom is 0.408 e. The molecule has 122 valence electrons. The zero-order chi connectivity index (χ0) is 17.2. The van der Waals surface area contributed by atoms with Crippen LogP contribution in [0.3, 0.4) is 0 Å². The van der Waals surface area contributed by atoms with Gasteiger partial charge in [-0.25, -0.2) is 9.59 Å². The van der Waals surface area contributed by atoms with Gasteiger partial charge in [0.15, 0.2) is 0 Å². The summed E-state index contributed by atoms with van der Waals surface area (Å²) in [6.07, 6.45) is 2.39. The number of esters is 1. The molecule has 0 atom stereocenters. The summed E-state index contributed by atoms with van der Waals surface area (Å²) in [6, 6.07) is 10.9. The molecule has 0 aliphatic rings. The van der Waals surface area contributed by atoms with E-state index in [4.69, 9.17) is 4.74 Å². The van der Waals surface area contributed by atoms with Crippen molar-refractivity contribution in [1.29, 1.82) is 0 Å². The fourth-order valence-corrected chi connectivity index (χ4v) is 1.81. The Morgan fingerprint density at radius 3 is 2.75 bits per heavy atom. The number of carbonyl (C=O) groups is 2. The molecule has 1 heterocycles. The number of hydrogen-bond donors (Lipinski definition) is 1. The minimum atomic E-state index is -0.562. The van der Waals surface area contributed by atoms with E-state index in [0.717, 1.165) is 5.56 Å². The molecule has 0 unspecified atom stereocenters. The SMILES string of the molecule is COC(=O)c1ccncc1C#CCNC(=O)OCc1ccccc1. The Bertz CT molecular complexity index is 763. The molecule has 6 nitrogen and oxygen atoms in total. The Hall–Kier alpha value is -3.33. The molecular weight excluding hydrogens is 308 g/mol. The van der Waals surface area contributed by atoms with Crippen molar-refractivity contribution in [2.45, 2.75) is 6.61 Å². The Morgan fingerprint density at radius 2 is 2.00 bits per heavy atom. The number of methoxy groups -OCH3 is 1. The van der Waals surface area contributed by atoms with Gasteiger partial charge in [0.25, 0.3) is 0 Å². The van der Waals surface area contributed by atoms with E-state index < -0.39 is 12.1 Å². The van der Waals surface area contributed by atoms with E-state index in [-0.39, 0.29) is 13.2 Å². The third kappa shape index (κ3) is 5.14. The molecule has 0 saturated heterocycles. The van der Waals surface area contributed by atoms with Gasteiger partial charge in [0.2, 0.25) is 0 Å². The number of hydrogen-bond acceptors (Lipinski definition) is 5. The molecule has 1 aromatic heterocycles. The van der Waals surface area contributed by atoms with Crippen molar-refractivity contribution >= 4 is 12.1 Å². The third-order valence-corrected chi connectivity index (χ3v) is 2.98. The second-order valence-corrected chi connectivity index (χ2v) is 4.63. The summed E-state index contributed by atoms with van der Waals surface area (Å²) < 4.78 is 9.73. The summed E-state index contributed by atoms with van der Waals surface area (Å²) in [5.41, 5.74) is 1.66. The molecule has 2 aromatic rings. The van der Waals surface area contributed by atoms with E-state index in [1.54, 1.807) is 0 Å². The van der Waals surface area contributed by atoms with E-state index in [1.807, 2.05) is 30.3 Å². The molecule has 6 heteroatoms. The smallest absolute Gasteiger partial charge is 0.408 e. The lowest BCUT2D eigenvalue weighted by atomic mass is 10.1. The average Bonchev–Trinajstić information content (AvgIpc) is 2.64. The number of alkyl carbamates (subject to hydrolysis) is 1. The van der Waals surface area contributed by atoms with Gasteiger partial charge in [-0.2, -0.15) is 0 Å². The Morgan fingerprint density at radius 1 is 1.21 bits per heavy atom. The first-order valence-corrected chi connectivity index (χ1v) is 7.16. The van der Waals surface area contributed by atoms with Crippen molar-refractivity contribution in [3.05, 3.63) is 65.5 Å². The Balaban J connectivity index is 1.83. The van der Waals surface area contributed by atoms with Gasteiger partial charge in [-0.3, -0.25) is 4.98 Å². The molecule has 0 saturated carbocycles.